The molecule has 0 spiro atoms. The molecule has 0 aliphatic heterocycles. The van der Waals surface area contributed by atoms with Crippen molar-refractivity contribution >= 4 is 0 Å². The maximum atomic E-state index is 5.54. The van der Waals surface area contributed by atoms with E-state index in [0.717, 1.165) is 12.2 Å². The lowest BCUT2D eigenvalue weighted by Gasteiger charge is -2.06. The van der Waals surface area contributed by atoms with E-state index >= 15 is 0 Å². The van der Waals surface area contributed by atoms with Crippen LogP contribution in [0.1, 0.15) is 17.5 Å². The molecule has 1 aromatic carbocycles. The van der Waals surface area contributed by atoms with E-state index in [1.165, 1.54) is 11.1 Å². The van der Waals surface area contributed by atoms with Gasteiger partial charge in [-0.05, 0) is 43.5 Å². The Bertz CT molecular complexity index is 269. The second kappa shape index (κ2) is 4.70. The lowest BCUT2D eigenvalue weighted by molar-refractivity contribution is 0.324. The molecule has 0 saturated heterocycles. The number of benzene rings is 1. The maximum Gasteiger partial charge on any atom is 0.119 e. The van der Waals surface area contributed by atoms with Crippen LogP contribution in [-0.2, 0) is 0 Å². The molecule has 0 saturated carbocycles. The topological polar surface area (TPSA) is 9.23 Å². The summed E-state index contributed by atoms with van der Waals surface area (Å²) in [5.41, 5.74) is 2.49. The van der Waals surface area contributed by atoms with Crippen LogP contribution in [0.25, 0.3) is 0 Å². The molecule has 70 valence electrons. The van der Waals surface area contributed by atoms with Crippen molar-refractivity contribution in [1.82, 2.24) is 0 Å². The van der Waals surface area contributed by atoms with Crippen molar-refractivity contribution in [3.63, 3.8) is 0 Å². The predicted molar refractivity (Wildman–Crippen MR) is 56.2 cm³/mol. The van der Waals surface area contributed by atoms with Gasteiger partial charge in [0.1, 0.15) is 5.75 Å². The van der Waals surface area contributed by atoms with Gasteiger partial charge in [0.25, 0.3) is 0 Å². The van der Waals surface area contributed by atoms with E-state index in [2.05, 4.69) is 38.6 Å². The average Bonchev–Trinajstić information content (AvgIpc) is 2.03. The molecule has 0 atom stereocenters. The van der Waals surface area contributed by atoms with Crippen LogP contribution in [0, 0.1) is 13.8 Å². The van der Waals surface area contributed by atoms with Crippen LogP contribution in [0.2, 0.25) is 0 Å². The first-order valence-corrected chi connectivity index (χ1v) is 4.54. The zero-order valence-electron chi connectivity index (χ0n) is 8.34. The molecule has 13 heavy (non-hydrogen) atoms. The fourth-order valence-electron chi connectivity index (χ4n) is 1.28. The fraction of sp³-hybridized carbons (Fsp3) is 0.333. The van der Waals surface area contributed by atoms with E-state index in [0.29, 0.717) is 6.61 Å². The highest BCUT2D eigenvalue weighted by atomic mass is 16.5. The van der Waals surface area contributed by atoms with Crippen LogP contribution in [0.5, 0.6) is 5.75 Å². The van der Waals surface area contributed by atoms with Crippen molar-refractivity contribution < 1.29 is 4.74 Å². The van der Waals surface area contributed by atoms with Gasteiger partial charge in [-0.25, -0.2) is 0 Å². The number of ether oxygens (including phenoxy) is 1. The van der Waals surface area contributed by atoms with E-state index in [4.69, 9.17) is 4.74 Å². The van der Waals surface area contributed by atoms with E-state index in [-0.39, 0.29) is 0 Å². The van der Waals surface area contributed by atoms with Crippen molar-refractivity contribution in [2.75, 3.05) is 6.61 Å². The predicted octanol–water partition coefficient (Wildman–Crippen LogP) is 3.26. The van der Waals surface area contributed by atoms with Gasteiger partial charge < -0.3 is 4.74 Å². The molecule has 0 aliphatic rings. The lowest BCUT2D eigenvalue weighted by atomic mass is 10.1. The van der Waals surface area contributed by atoms with Gasteiger partial charge in [0, 0.05) is 0 Å². The lowest BCUT2D eigenvalue weighted by Crippen LogP contribution is -1.95. The molecule has 0 heterocycles. The molecular formula is C12H16O. The minimum atomic E-state index is 0.715. The molecular weight excluding hydrogens is 160 g/mol. The second-order valence-corrected chi connectivity index (χ2v) is 3.25. The summed E-state index contributed by atoms with van der Waals surface area (Å²) in [4.78, 5) is 0. The Labute approximate surface area is 80.0 Å². The first-order valence-electron chi connectivity index (χ1n) is 4.54. The summed E-state index contributed by atoms with van der Waals surface area (Å²) in [5, 5.41) is 0. The minimum Gasteiger partial charge on any atom is -0.493 e. The third-order valence-electron chi connectivity index (χ3n) is 1.79. The minimum absolute atomic E-state index is 0.715. The zero-order valence-corrected chi connectivity index (χ0v) is 8.34. The van der Waals surface area contributed by atoms with Gasteiger partial charge in [-0.2, -0.15) is 0 Å². The highest BCUT2D eigenvalue weighted by molar-refractivity contribution is 5.32. The van der Waals surface area contributed by atoms with E-state index in [1.54, 1.807) is 0 Å². The molecule has 0 N–H and O–H groups in total. The number of rotatable bonds is 4. The second-order valence-electron chi connectivity index (χ2n) is 3.25. The normalized spacial score (nSPS) is 9.69. The summed E-state index contributed by atoms with van der Waals surface area (Å²) in [6.07, 6.45) is 2.76. The van der Waals surface area contributed by atoms with Crippen LogP contribution in [0.3, 0.4) is 0 Å². The Hall–Kier alpha value is -1.24. The zero-order chi connectivity index (χ0) is 9.68. The summed E-state index contributed by atoms with van der Waals surface area (Å²) in [5.74, 6) is 0.958. The average molecular weight is 176 g/mol. The largest absolute Gasteiger partial charge is 0.493 e. The van der Waals surface area contributed by atoms with E-state index < -0.39 is 0 Å². The molecule has 0 aromatic heterocycles. The van der Waals surface area contributed by atoms with Crippen LogP contribution in [0.15, 0.2) is 30.9 Å². The molecule has 0 fully saturated rings. The summed E-state index contributed by atoms with van der Waals surface area (Å²) < 4.78 is 5.54. The van der Waals surface area contributed by atoms with Gasteiger partial charge in [-0.1, -0.05) is 12.1 Å². The van der Waals surface area contributed by atoms with Crippen molar-refractivity contribution in [3.05, 3.63) is 42.0 Å². The number of aryl methyl sites for hydroxylation is 2. The highest BCUT2D eigenvalue weighted by Gasteiger charge is 1.95. The molecule has 1 nitrogen and oxygen atoms in total. The summed E-state index contributed by atoms with van der Waals surface area (Å²) in [6.45, 7) is 8.52. The Morgan fingerprint density at radius 3 is 2.38 bits per heavy atom. The van der Waals surface area contributed by atoms with Gasteiger partial charge >= 0.3 is 0 Å². The quantitative estimate of drug-likeness (QED) is 0.505. The van der Waals surface area contributed by atoms with Gasteiger partial charge in [-0.15, -0.1) is 6.58 Å². The molecule has 1 rings (SSSR count). The SMILES string of the molecule is C=CCCOc1cc(C)cc(C)c1. The third-order valence-corrected chi connectivity index (χ3v) is 1.79. The van der Waals surface area contributed by atoms with Crippen molar-refractivity contribution in [3.8, 4) is 5.75 Å². The van der Waals surface area contributed by atoms with Crippen LogP contribution >= 0.6 is 0 Å². The van der Waals surface area contributed by atoms with Gasteiger partial charge in [-0.3, -0.25) is 0 Å². The van der Waals surface area contributed by atoms with E-state index in [1.807, 2.05) is 6.08 Å². The fourth-order valence-corrected chi connectivity index (χ4v) is 1.28. The standard InChI is InChI=1S/C12H16O/c1-4-5-6-13-12-8-10(2)7-11(3)9-12/h4,7-9H,1,5-6H2,2-3H3. The molecule has 1 heteroatoms. The summed E-state index contributed by atoms with van der Waals surface area (Å²) >= 11 is 0. The highest BCUT2D eigenvalue weighted by Crippen LogP contribution is 2.16. The monoisotopic (exact) mass is 176 g/mol. The Morgan fingerprint density at radius 2 is 1.85 bits per heavy atom. The van der Waals surface area contributed by atoms with Crippen molar-refractivity contribution in [1.29, 1.82) is 0 Å². The Balaban J connectivity index is 2.60. The smallest absolute Gasteiger partial charge is 0.119 e. The van der Waals surface area contributed by atoms with Crippen molar-refractivity contribution in [2.24, 2.45) is 0 Å². The molecule has 0 radical (unpaired) electrons. The number of hydrogen-bond donors (Lipinski definition) is 0. The Morgan fingerprint density at radius 1 is 1.23 bits per heavy atom. The van der Waals surface area contributed by atoms with Gasteiger partial charge in [0.2, 0.25) is 0 Å². The molecule has 0 bridgehead atoms. The van der Waals surface area contributed by atoms with Gasteiger partial charge in [0.15, 0.2) is 0 Å². The first kappa shape index (κ1) is 9.85. The number of hydrogen-bond acceptors (Lipinski definition) is 1. The van der Waals surface area contributed by atoms with E-state index in [9.17, 15) is 0 Å². The Kier molecular flexibility index (Phi) is 3.56. The molecule has 0 amide bonds. The molecule has 0 unspecified atom stereocenters. The molecule has 0 aliphatic carbocycles. The maximum absolute atomic E-state index is 5.54. The summed E-state index contributed by atoms with van der Waals surface area (Å²) in [7, 11) is 0. The van der Waals surface area contributed by atoms with Crippen LogP contribution in [0.4, 0.5) is 0 Å². The summed E-state index contributed by atoms with van der Waals surface area (Å²) in [6, 6.07) is 6.24. The van der Waals surface area contributed by atoms with Crippen LogP contribution < -0.4 is 4.74 Å². The molecule has 1 aromatic rings. The van der Waals surface area contributed by atoms with Crippen LogP contribution in [-0.4, -0.2) is 6.61 Å². The first-order chi connectivity index (χ1) is 6.22. The van der Waals surface area contributed by atoms with Crippen molar-refractivity contribution in [2.45, 2.75) is 20.3 Å². The van der Waals surface area contributed by atoms with Gasteiger partial charge in [0.05, 0.1) is 6.61 Å². The third kappa shape index (κ3) is 3.32.